The predicted molar refractivity (Wildman–Crippen MR) is 123 cm³/mol. The van der Waals surface area contributed by atoms with Gasteiger partial charge in [0.1, 0.15) is 5.82 Å². The number of carboxylic acid groups (broad SMARTS) is 1. The van der Waals surface area contributed by atoms with Crippen LogP contribution in [0.5, 0.6) is 0 Å². The molecule has 0 aromatic heterocycles. The third-order valence-electron chi connectivity index (χ3n) is 6.21. The van der Waals surface area contributed by atoms with E-state index < -0.39 is 47.3 Å². The molecular weight excluding hydrogens is 503 g/mol. The first-order valence-corrected chi connectivity index (χ1v) is 11.3. The van der Waals surface area contributed by atoms with Crippen molar-refractivity contribution < 1.29 is 40.6 Å². The van der Waals surface area contributed by atoms with Crippen LogP contribution >= 0.6 is 0 Å². The van der Waals surface area contributed by atoms with Gasteiger partial charge in [-0.1, -0.05) is 36.6 Å². The summed E-state index contributed by atoms with van der Waals surface area (Å²) in [6, 6.07) is 4.75. The summed E-state index contributed by atoms with van der Waals surface area (Å²) < 4.78 is 93.7. The molecule has 37 heavy (non-hydrogen) atoms. The molecule has 198 valence electrons. The Labute approximate surface area is 209 Å². The van der Waals surface area contributed by atoms with Crippen LogP contribution in [-0.4, -0.2) is 22.5 Å². The van der Waals surface area contributed by atoms with Crippen LogP contribution < -0.4 is 0 Å². The van der Waals surface area contributed by atoms with Crippen LogP contribution in [0.1, 0.15) is 60.5 Å². The number of nitrogens with zero attached hydrogens (tertiary/aromatic N) is 1. The van der Waals surface area contributed by atoms with Crippen LogP contribution in [0, 0.1) is 23.6 Å². The summed E-state index contributed by atoms with van der Waals surface area (Å²) in [5.74, 6) is 3.19. The van der Waals surface area contributed by atoms with Crippen molar-refractivity contribution in [2.75, 3.05) is 6.54 Å². The first-order chi connectivity index (χ1) is 17.2. The van der Waals surface area contributed by atoms with Crippen molar-refractivity contribution in [3.63, 3.8) is 0 Å². The Morgan fingerprint density at radius 2 is 1.68 bits per heavy atom. The van der Waals surface area contributed by atoms with Crippen molar-refractivity contribution in [1.82, 2.24) is 4.90 Å². The van der Waals surface area contributed by atoms with E-state index in [0.29, 0.717) is 23.6 Å². The first kappa shape index (κ1) is 28.3. The Morgan fingerprint density at radius 1 is 1.08 bits per heavy atom. The van der Waals surface area contributed by atoms with E-state index in [1.54, 1.807) is 11.8 Å². The summed E-state index contributed by atoms with van der Waals surface area (Å²) in [4.78, 5) is 13.0. The molecule has 3 nitrogen and oxygen atoms in total. The number of piperidine rings is 1. The summed E-state index contributed by atoms with van der Waals surface area (Å²) in [5, 5.41) is 9.26. The van der Waals surface area contributed by atoms with Crippen molar-refractivity contribution in [1.29, 1.82) is 0 Å². The van der Waals surface area contributed by atoms with Crippen LogP contribution in [0.2, 0.25) is 0 Å². The van der Waals surface area contributed by atoms with Gasteiger partial charge in [-0.2, -0.15) is 26.3 Å². The van der Waals surface area contributed by atoms with E-state index in [-0.39, 0.29) is 30.9 Å². The highest BCUT2D eigenvalue weighted by Crippen LogP contribution is 2.43. The molecule has 1 fully saturated rings. The maximum Gasteiger partial charge on any atom is 0.416 e. The highest BCUT2D eigenvalue weighted by molar-refractivity contribution is 5.67. The molecule has 1 saturated heterocycles. The van der Waals surface area contributed by atoms with Crippen LogP contribution in [0.4, 0.5) is 30.7 Å². The molecule has 0 radical (unpaired) electrons. The maximum atomic E-state index is 15.1. The fourth-order valence-electron chi connectivity index (χ4n) is 4.48. The molecule has 1 aliphatic rings. The summed E-state index contributed by atoms with van der Waals surface area (Å²) in [5.41, 5.74) is -1.27. The van der Waals surface area contributed by atoms with Crippen molar-refractivity contribution in [3.8, 4) is 11.8 Å². The second-order valence-electron chi connectivity index (χ2n) is 9.05. The quantitative estimate of drug-likeness (QED) is 0.325. The monoisotopic (exact) mass is 527 g/mol. The van der Waals surface area contributed by atoms with E-state index in [2.05, 4.69) is 18.4 Å². The molecule has 3 atom stereocenters. The molecule has 1 aliphatic heterocycles. The maximum absolute atomic E-state index is 15.1. The number of halogens is 7. The molecule has 3 unspecified atom stereocenters. The smallest absolute Gasteiger partial charge is 0.416 e. The van der Waals surface area contributed by atoms with Gasteiger partial charge >= 0.3 is 18.3 Å². The Hall–Kier alpha value is -3.32. The van der Waals surface area contributed by atoms with E-state index >= 15 is 4.39 Å². The Bertz CT molecular complexity index is 1210. The molecule has 1 N–H and O–H groups in total. The molecule has 2 aromatic rings. The zero-order valence-electron chi connectivity index (χ0n) is 19.8. The summed E-state index contributed by atoms with van der Waals surface area (Å²) in [6.45, 7) is 5.53. The van der Waals surface area contributed by atoms with Gasteiger partial charge in [-0.15, -0.1) is 0 Å². The molecule has 10 heteroatoms. The molecule has 0 amide bonds. The molecule has 1 heterocycles. The molecule has 2 aromatic carbocycles. The molecule has 0 aliphatic carbocycles. The van der Waals surface area contributed by atoms with Gasteiger partial charge in [-0.25, -0.2) is 4.39 Å². The SMILES string of the molecule is C=C(C)C#CC(c1ccc(C(F)(F)F)cc1)N1CCC(CC(=O)O)CC1c1ccc(C(F)(F)F)cc1F. The summed E-state index contributed by atoms with van der Waals surface area (Å²) >= 11 is 0. The number of aliphatic carboxylic acids is 1. The zero-order chi connectivity index (χ0) is 27.5. The first-order valence-electron chi connectivity index (χ1n) is 11.3. The molecule has 3 rings (SSSR count). The van der Waals surface area contributed by atoms with Gasteiger partial charge in [-0.05, 0) is 61.1 Å². The van der Waals surface area contributed by atoms with Crippen molar-refractivity contribution in [2.24, 2.45) is 5.92 Å². The van der Waals surface area contributed by atoms with Crippen LogP contribution in [0.15, 0.2) is 54.6 Å². The van der Waals surface area contributed by atoms with Crippen molar-refractivity contribution >= 4 is 5.97 Å². The molecule has 0 spiro atoms. The average molecular weight is 527 g/mol. The van der Waals surface area contributed by atoms with Gasteiger partial charge in [0, 0.05) is 24.6 Å². The lowest BCUT2D eigenvalue weighted by atomic mass is 9.83. The van der Waals surface area contributed by atoms with Crippen LogP contribution in [-0.2, 0) is 17.1 Å². The highest BCUT2D eigenvalue weighted by Gasteiger charge is 2.38. The molecular formula is C27H24F7NO2. The molecule has 0 saturated carbocycles. The van der Waals surface area contributed by atoms with E-state index in [1.807, 2.05) is 0 Å². The Morgan fingerprint density at radius 3 is 2.19 bits per heavy atom. The largest absolute Gasteiger partial charge is 0.481 e. The normalized spacial score (nSPS) is 19.6. The number of likely N-dealkylation sites (tertiary alicyclic amines) is 1. The number of carbonyl (C=O) groups is 1. The number of benzene rings is 2. The summed E-state index contributed by atoms with van der Waals surface area (Å²) in [6.07, 6.45) is -9.04. The van der Waals surface area contributed by atoms with Crippen molar-refractivity contribution in [2.45, 2.75) is 50.6 Å². The van der Waals surface area contributed by atoms with Gasteiger partial charge < -0.3 is 5.11 Å². The minimum atomic E-state index is -4.76. The highest BCUT2D eigenvalue weighted by atomic mass is 19.4. The lowest BCUT2D eigenvalue weighted by Gasteiger charge is -2.42. The minimum absolute atomic E-state index is 0.0721. The van der Waals surface area contributed by atoms with Crippen LogP contribution in [0.25, 0.3) is 0 Å². The predicted octanol–water partition coefficient (Wildman–Crippen LogP) is 7.41. The standard InChI is InChI=1S/C27H24F7NO2/c1-16(2)3-10-23(18-4-6-19(7-5-18)26(29,30)31)35-12-11-17(14-25(36)37)13-24(35)21-9-8-20(15-22(21)28)27(32,33)34/h4-9,15,17,23-24H,1,11-14H2,2H3,(H,36,37). The van der Waals surface area contributed by atoms with E-state index in [1.165, 1.54) is 12.1 Å². The fourth-order valence-corrected chi connectivity index (χ4v) is 4.48. The second kappa shape index (κ2) is 11.0. The second-order valence-corrected chi connectivity index (χ2v) is 9.05. The van der Waals surface area contributed by atoms with Gasteiger partial charge in [-0.3, -0.25) is 9.69 Å². The number of carboxylic acids is 1. The van der Waals surface area contributed by atoms with Gasteiger partial charge in [0.2, 0.25) is 0 Å². The van der Waals surface area contributed by atoms with Gasteiger partial charge in [0.05, 0.1) is 17.2 Å². The minimum Gasteiger partial charge on any atom is -0.481 e. The fraction of sp³-hybridized carbons (Fsp3) is 0.370. The van der Waals surface area contributed by atoms with E-state index in [9.17, 15) is 36.2 Å². The molecule has 0 bridgehead atoms. The summed E-state index contributed by atoms with van der Waals surface area (Å²) in [7, 11) is 0. The lowest BCUT2D eigenvalue weighted by molar-refractivity contribution is -0.139. The van der Waals surface area contributed by atoms with Gasteiger partial charge in [0.15, 0.2) is 0 Å². The third-order valence-corrected chi connectivity index (χ3v) is 6.21. The van der Waals surface area contributed by atoms with Crippen LogP contribution in [0.3, 0.4) is 0 Å². The number of allylic oxidation sites excluding steroid dienone is 1. The zero-order valence-corrected chi connectivity index (χ0v) is 19.8. The average Bonchev–Trinajstić information content (AvgIpc) is 2.78. The van der Waals surface area contributed by atoms with Crippen molar-refractivity contribution in [3.05, 3.63) is 82.7 Å². The lowest BCUT2D eigenvalue weighted by Crippen LogP contribution is -2.40. The number of hydrogen-bond acceptors (Lipinski definition) is 2. The number of alkyl halides is 6. The number of hydrogen-bond donors (Lipinski definition) is 1. The number of rotatable bonds is 5. The Kier molecular flexibility index (Phi) is 8.38. The Balaban J connectivity index is 2.09. The topological polar surface area (TPSA) is 40.5 Å². The van der Waals surface area contributed by atoms with E-state index in [0.717, 1.165) is 24.3 Å². The van der Waals surface area contributed by atoms with Gasteiger partial charge in [0.25, 0.3) is 0 Å². The third kappa shape index (κ3) is 7.13. The van der Waals surface area contributed by atoms with E-state index in [4.69, 9.17) is 0 Å².